The number of benzene rings is 1. The summed E-state index contributed by atoms with van der Waals surface area (Å²) in [7, 11) is 0. The molecule has 1 aromatic rings. The van der Waals surface area contributed by atoms with Gasteiger partial charge in [-0.05, 0) is 41.9 Å². The Morgan fingerprint density at radius 3 is 2.75 bits per heavy atom. The molecule has 0 N–H and O–H groups in total. The van der Waals surface area contributed by atoms with Gasteiger partial charge in [0.25, 0.3) is 0 Å². The van der Waals surface area contributed by atoms with Gasteiger partial charge < -0.3 is 0 Å². The molecule has 0 aliphatic carbocycles. The summed E-state index contributed by atoms with van der Waals surface area (Å²) in [5, 5.41) is 8.71. The minimum Gasteiger partial charge on any atom is -0.207 e. The third-order valence-electron chi connectivity index (χ3n) is 2.19. The van der Waals surface area contributed by atoms with Gasteiger partial charge in [-0.3, -0.25) is 0 Å². The molecule has 3 heteroatoms. The predicted octanol–water partition coefficient (Wildman–Crippen LogP) is 3.98. The van der Waals surface area contributed by atoms with Crippen LogP contribution in [0.2, 0.25) is 0 Å². The van der Waals surface area contributed by atoms with Crippen LogP contribution < -0.4 is 0 Å². The van der Waals surface area contributed by atoms with Crippen LogP contribution in [0.4, 0.5) is 4.39 Å². The van der Waals surface area contributed by atoms with Crippen LogP contribution in [0.3, 0.4) is 0 Å². The summed E-state index contributed by atoms with van der Waals surface area (Å²) in [6.07, 6.45) is 1.17. The van der Waals surface area contributed by atoms with Crippen LogP contribution in [0.5, 0.6) is 0 Å². The van der Waals surface area contributed by atoms with Crippen LogP contribution in [0.1, 0.15) is 31.4 Å². The average Bonchev–Trinajstić information content (AvgIpc) is 2.23. The molecule has 0 atom stereocenters. The van der Waals surface area contributed by atoms with Crippen molar-refractivity contribution in [1.29, 1.82) is 5.26 Å². The van der Waals surface area contributed by atoms with Crippen molar-refractivity contribution >= 4 is 11.8 Å². The topological polar surface area (TPSA) is 23.8 Å². The van der Waals surface area contributed by atoms with Crippen LogP contribution in [-0.4, -0.2) is 5.75 Å². The first-order chi connectivity index (χ1) is 7.61. The quantitative estimate of drug-likeness (QED) is 0.723. The summed E-state index contributed by atoms with van der Waals surface area (Å²) in [5.41, 5.74) is 1.30. The molecule has 0 aliphatic rings. The first-order valence-electron chi connectivity index (χ1n) is 5.39. The molecule has 0 amide bonds. The number of hydrogen-bond acceptors (Lipinski definition) is 2. The Labute approximate surface area is 101 Å². The Morgan fingerprint density at radius 2 is 2.12 bits per heavy atom. The summed E-state index contributed by atoms with van der Waals surface area (Å²) in [6.45, 7) is 4.38. The molecule has 0 saturated heterocycles. The monoisotopic (exact) mass is 237 g/mol. The molecular weight excluding hydrogens is 221 g/mol. The van der Waals surface area contributed by atoms with Gasteiger partial charge >= 0.3 is 0 Å². The molecule has 16 heavy (non-hydrogen) atoms. The first kappa shape index (κ1) is 13.1. The van der Waals surface area contributed by atoms with Gasteiger partial charge in [-0.15, -0.1) is 0 Å². The van der Waals surface area contributed by atoms with E-state index in [4.69, 9.17) is 5.26 Å². The van der Waals surface area contributed by atoms with E-state index < -0.39 is 0 Å². The molecule has 0 bridgehead atoms. The zero-order chi connectivity index (χ0) is 12.0. The third-order valence-corrected chi connectivity index (χ3v) is 3.26. The number of halogens is 1. The Balaban J connectivity index is 2.48. The van der Waals surface area contributed by atoms with Gasteiger partial charge in [0.15, 0.2) is 0 Å². The second-order valence-electron chi connectivity index (χ2n) is 4.20. The van der Waals surface area contributed by atoms with Gasteiger partial charge in [-0.2, -0.15) is 17.0 Å². The molecule has 0 heterocycles. The van der Waals surface area contributed by atoms with E-state index in [1.807, 2.05) is 6.07 Å². The Morgan fingerprint density at radius 1 is 1.38 bits per heavy atom. The Hall–Kier alpha value is -1.01. The van der Waals surface area contributed by atoms with Gasteiger partial charge in [0.2, 0.25) is 0 Å². The maximum absolute atomic E-state index is 13.1. The van der Waals surface area contributed by atoms with Crippen LogP contribution >= 0.6 is 11.8 Å². The fourth-order valence-corrected chi connectivity index (χ4v) is 2.49. The molecule has 86 valence electrons. The van der Waals surface area contributed by atoms with E-state index in [0.717, 1.165) is 17.1 Å². The number of hydrogen-bond donors (Lipinski definition) is 0. The molecule has 0 spiro atoms. The minimum atomic E-state index is -0.321. The lowest BCUT2D eigenvalue weighted by atomic mass is 10.1. The number of rotatable bonds is 5. The van der Waals surface area contributed by atoms with Gasteiger partial charge in [0.1, 0.15) is 5.82 Å². The van der Waals surface area contributed by atoms with Gasteiger partial charge in [-0.1, -0.05) is 13.8 Å². The van der Waals surface area contributed by atoms with Crippen LogP contribution in [0.25, 0.3) is 0 Å². The molecule has 0 saturated carbocycles. The fraction of sp³-hybridized carbons (Fsp3) is 0.462. The maximum Gasteiger partial charge on any atom is 0.124 e. The fourth-order valence-electron chi connectivity index (χ4n) is 1.31. The molecule has 1 nitrogen and oxygen atoms in total. The summed E-state index contributed by atoms with van der Waals surface area (Å²) in [5.74, 6) is 2.24. The van der Waals surface area contributed by atoms with Crippen LogP contribution in [-0.2, 0) is 5.75 Å². The van der Waals surface area contributed by atoms with E-state index in [-0.39, 0.29) is 5.82 Å². The largest absolute Gasteiger partial charge is 0.207 e. The van der Waals surface area contributed by atoms with Crippen molar-refractivity contribution < 1.29 is 4.39 Å². The van der Waals surface area contributed by atoms with Gasteiger partial charge in [0.05, 0.1) is 11.6 Å². The first-order valence-corrected chi connectivity index (χ1v) is 6.54. The van der Waals surface area contributed by atoms with Crippen molar-refractivity contribution in [1.82, 2.24) is 0 Å². The SMILES string of the molecule is CC(C)CCSCc1cc(F)cc(C#N)c1. The van der Waals surface area contributed by atoms with E-state index in [2.05, 4.69) is 13.8 Å². The molecular formula is C13H16FNS. The molecule has 1 aromatic carbocycles. The van der Waals surface area contributed by atoms with E-state index in [1.54, 1.807) is 17.8 Å². The normalized spacial score (nSPS) is 10.4. The van der Waals surface area contributed by atoms with Crippen molar-refractivity contribution in [2.45, 2.75) is 26.0 Å². The highest BCUT2D eigenvalue weighted by molar-refractivity contribution is 7.98. The standard InChI is InChI=1S/C13H16FNS/c1-10(2)3-4-16-9-12-5-11(8-15)6-13(14)7-12/h5-7,10H,3-4,9H2,1-2H3. The zero-order valence-electron chi connectivity index (χ0n) is 9.66. The van der Waals surface area contributed by atoms with Gasteiger partial charge in [-0.25, -0.2) is 4.39 Å². The van der Waals surface area contributed by atoms with E-state index in [0.29, 0.717) is 11.5 Å². The Kier molecular flexibility index (Phi) is 5.34. The summed E-state index contributed by atoms with van der Waals surface area (Å²) in [6, 6.07) is 6.49. The van der Waals surface area contributed by atoms with Crippen molar-refractivity contribution in [3.8, 4) is 6.07 Å². The lowest BCUT2D eigenvalue weighted by Gasteiger charge is -2.05. The van der Waals surface area contributed by atoms with Crippen LogP contribution in [0, 0.1) is 23.1 Å². The highest BCUT2D eigenvalue weighted by Crippen LogP contribution is 2.17. The smallest absolute Gasteiger partial charge is 0.124 e. The number of thioether (sulfide) groups is 1. The highest BCUT2D eigenvalue weighted by Gasteiger charge is 2.01. The molecule has 0 radical (unpaired) electrons. The second-order valence-corrected chi connectivity index (χ2v) is 5.30. The van der Waals surface area contributed by atoms with Crippen molar-refractivity contribution in [3.05, 3.63) is 35.1 Å². The van der Waals surface area contributed by atoms with E-state index in [9.17, 15) is 4.39 Å². The highest BCUT2D eigenvalue weighted by atomic mass is 32.2. The van der Waals surface area contributed by atoms with E-state index >= 15 is 0 Å². The number of nitrogens with zero attached hydrogens (tertiary/aromatic N) is 1. The molecule has 0 aromatic heterocycles. The Bertz CT molecular complexity index is 382. The second kappa shape index (κ2) is 6.55. The molecule has 1 rings (SSSR count). The van der Waals surface area contributed by atoms with Gasteiger partial charge in [0, 0.05) is 5.75 Å². The lowest BCUT2D eigenvalue weighted by molar-refractivity contribution is 0.625. The summed E-state index contributed by atoms with van der Waals surface area (Å²) < 4.78 is 13.1. The number of nitriles is 1. The molecule has 0 fully saturated rings. The molecule has 0 unspecified atom stereocenters. The van der Waals surface area contributed by atoms with Crippen molar-refractivity contribution in [2.75, 3.05) is 5.75 Å². The van der Waals surface area contributed by atoms with Crippen molar-refractivity contribution in [2.24, 2.45) is 5.92 Å². The minimum absolute atomic E-state index is 0.321. The van der Waals surface area contributed by atoms with E-state index in [1.165, 1.54) is 18.6 Å². The predicted molar refractivity (Wildman–Crippen MR) is 66.7 cm³/mol. The summed E-state index contributed by atoms with van der Waals surface area (Å²) >= 11 is 1.79. The summed E-state index contributed by atoms with van der Waals surface area (Å²) in [4.78, 5) is 0. The van der Waals surface area contributed by atoms with Crippen LogP contribution in [0.15, 0.2) is 18.2 Å². The maximum atomic E-state index is 13.1. The van der Waals surface area contributed by atoms with Crippen molar-refractivity contribution in [3.63, 3.8) is 0 Å². The zero-order valence-corrected chi connectivity index (χ0v) is 10.5. The average molecular weight is 237 g/mol. The lowest BCUT2D eigenvalue weighted by Crippen LogP contribution is -1.91. The third kappa shape index (κ3) is 4.67. The molecule has 0 aliphatic heterocycles.